The maximum Gasteiger partial charge on any atom is 0.183 e. The van der Waals surface area contributed by atoms with E-state index in [1.165, 1.54) is 0 Å². The third kappa shape index (κ3) is 4.64. The minimum Gasteiger partial charge on any atom is -0.497 e. The van der Waals surface area contributed by atoms with Crippen LogP contribution in [0.5, 0.6) is 5.75 Å². The van der Waals surface area contributed by atoms with Crippen LogP contribution in [0.2, 0.25) is 0 Å². The Hall–Kier alpha value is -1.06. The predicted octanol–water partition coefficient (Wildman–Crippen LogP) is 3.40. The zero-order chi connectivity index (χ0) is 12.4. The van der Waals surface area contributed by atoms with Gasteiger partial charge in [0.1, 0.15) is 5.75 Å². The van der Waals surface area contributed by atoms with E-state index in [9.17, 15) is 0 Å². The topological polar surface area (TPSA) is 27.7 Å². The summed E-state index contributed by atoms with van der Waals surface area (Å²) < 4.78 is 15.6. The Morgan fingerprint density at radius 1 is 1.06 bits per heavy atom. The van der Waals surface area contributed by atoms with Crippen LogP contribution in [0.1, 0.15) is 32.6 Å². The fourth-order valence-electron chi connectivity index (χ4n) is 1.21. The fourth-order valence-corrected chi connectivity index (χ4v) is 1.21. The first kappa shape index (κ1) is 14.9. The molecule has 0 aromatic heterocycles. The summed E-state index contributed by atoms with van der Waals surface area (Å²) in [4.78, 5) is 0. The summed E-state index contributed by atoms with van der Waals surface area (Å²) >= 11 is 0. The Balaban J connectivity index is 0.00000106. The number of methoxy groups -OCH3 is 2. The van der Waals surface area contributed by atoms with Crippen molar-refractivity contribution in [3.05, 3.63) is 29.8 Å². The molecule has 0 fully saturated rings. The van der Waals surface area contributed by atoms with E-state index in [4.69, 9.17) is 14.2 Å². The van der Waals surface area contributed by atoms with Crippen molar-refractivity contribution in [3.63, 3.8) is 0 Å². The Bertz CT molecular complexity index is 256. The molecule has 1 rings (SSSR count). The van der Waals surface area contributed by atoms with Gasteiger partial charge in [-0.3, -0.25) is 0 Å². The van der Waals surface area contributed by atoms with Gasteiger partial charge in [0.25, 0.3) is 0 Å². The Morgan fingerprint density at radius 2 is 1.62 bits per heavy atom. The van der Waals surface area contributed by atoms with Crippen LogP contribution >= 0.6 is 0 Å². The normalized spacial score (nSPS) is 11.3. The Morgan fingerprint density at radius 3 is 2.00 bits per heavy atom. The second kappa shape index (κ2) is 9.19. The van der Waals surface area contributed by atoms with E-state index >= 15 is 0 Å². The quantitative estimate of drug-likeness (QED) is 0.720. The Labute approximate surface area is 98.3 Å². The van der Waals surface area contributed by atoms with Crippen LogP contribution in [-0.4, -0.2) is 20.8 Å². The first-order valence-corrected chi connectivity index (χ1v) is 5.60. The summed E-state index contributed by atoms with van der Waals surface area (Å²) in [5, 5.41) is 0. The van der Waals surface area contributed by atoms with Gasteiger partial charge in [0, 0.05) is 19.3 Å². The average Bonchev–Trinajstić information content (AvgIpc) is 2.38. The minimum absolute atomic E-state index is 0.286. The summed E-state index contributed by atoms with van der Waals surface area (Å²) in [5.74, 6) is 0.833. The highest BCUT2D eigenvalue weighted by molar-refractivity contribution is 5.27. The largest absolute Gasteiger partial charge is 0.497 e. The van der Waals surface area contributed by atoms with E-state index in [0.29, 0.717) is 6.61 Å². The lowest BCUT2D eigenvalue weighted by Gasteiger charge is -2.15. The summed E-state index contributed by atoms with van der Waals surface area (Å²) in [7, 11) is 3.27. The fraction of sp³-hybridized carbons (Fsp3) is 0.538. The van der Waals surface area contributed by atoms with Crippen molar-refractivity contribution in [1.82, 2.24) is 0 Å². The van der Waals surface area contributed by atoms with Crippen LogP contribution < -0.4 is 4.74 Å². The second-order valence-electron chi connectivity index (χ2n) is 2.80. The zero-order valence-electron chi connectivity index (χ0n) is 10.8. The van der Waals surface area contributed by atoms with Gasteiger partial charge >= 0.3 is 0 Å². The van der Waals surface area contributed by atoms with Crippen LogP contribution in [0.4, 0.5) is 0 Å². The lowest BCUT2D eigenvalue weighted by molar-refractivity contribution is -0.124. The third-order valence-corrected chi connectivity index (χ3v) is 1.92. The van der Waals surface area contributed by atoms with Gasteiger partial charge in [-0.25, -0.2) is 0 Å². The van der Waals surface area contributed by atoms with Crippen molar-refractivity contribution in [3.8, 4) is 5.75 Å². The van der Waals surface area contributed by atoms with Crippen LogP contribution in [0.15, 0.2) is 24.3 Å². The number of benzene rings is 1. The molecule has 0 aliphatic rings. The van der Waals surface area contributed by atoms with Crippen molar-refractivity contribution >= 4 is 0 Å². The maximum absolute atomic E-state index is 5.39. The average molecular weight is 226 g/mol. The van der Waals surface area contributed by atoms with Crippen molar-refractivity contribution in [2.75, 3.05) is 20.8 Å². The Kier molecular flexibility index (Phi) is 8.58. The van der Waals surface area contributed by atoms with Gasteiger partial charge in [-0.05, 0) is 19.1 Å². The number of hydrogen-bond donors (Lipinski definition) is 0. The standard InChI is InChI=1S/C11H16O3.C2H6/c1-4-14-11(13-3)9-5-7-10(12-2)8-6-9;1-2/h5-8,11H,4H2,1-3H3;1-2H3. The van der Waals surface area contributed by atoms with Gasteiger partial charge in [0.05, 0.1) is 7.11 Å². The van der Waals surface area contributed by atoms with Gasteiger partial charge < -0.3 is 14.2 Å². The van der Waals surface area contributed by atoms with Gasteiger partial charge in [-0.2, -0.15) is 0 Å². The van der Waals surface area contributed by atoms with Gasteiger partial charge in [-0.15, -0.1) is 0 Å². The molecule has 16 heavy (non-hydrogen) atoms. The molecular formula is C13H22O3. The lowest BCUT2D eigenvalue weighted by atomic mass is 10.2. The molecule has 0 bridgehead atoms. The minimum atomic E-state index is -0.286. The van der Waals surface area contributed by atoms with Crippen molar-refractivity contribution in [2.24, 2.45) is 0 Å². The lowest BCUT2D eigenvalue weighted by Crippen LogP contribution is -2.06. The molecule has 0 spiro atoms. The van der Waals surface area contributed by atoms with E-state index in [2.05, 4.69) is 0 Å². The first-order chi connectivity index (χ1) is 7.81. The van der Waals surface area contributed by atoms with Crippen LogP contribution in [0.25, 0.3) is 0 Å². The number of ether oxygens (including phenoxy) is 3. The number of rotatable bonds is 5. The molecular weight excluding hydrogens is 204 g/mol. The van der Waals surface area contributed by atoms with Crippen molar-refractivity contribution in [1.29, 1.82) is 0 Å². The van der Waals surface area contributed by atoms with Gasteiger partial charge in [-0.1, -0.05) is 26.0 Å². The van der Waals surface area contributed by atoms with E-state index < -0.39 is 0 Å². The molecule has 0 heterocycles. The highest BCUT2D eigenvalue weighted by Crippen LogP contribution is 2.20. The highest BCUT2D eigenvalue weighted by atomic mass is 16.7. The molecule has 3 heteroatoms. The third-order valence-electron chi connectivity index (χ3n) is 1.92. The predicted molar refractivity (Wildman–Crippen MR) is 65.7 cm³/mol. The second-order valence-corrected chi connectivity index (χ2v) is 2.80. The molecule has 0 saturated heterocycles. The summed E-state index contributed by atoms with van der Waals surface area (Å²) in [6.07, 6.45) is -0.286. The summed E-state index contributed by atoms with van der Waals surface area (Å²) in [6, 6.07) is 7.64. The molecule has 1 unspecified atom stereocenters. The maximum atomic E-state index is 5.39. The molecule has 0 radical (unpaired) electrons. The first-order valence-electron chi connectivity index (χ1n) is 5.60. The van der Waals surface area contributed by atoms with E-state index in [-0.39, 0.29) is 6.29 Å². The monoisotopic (exact) mass is 226 g/mol. The molecule has 0 N–H and O–H groups in total. The molecule has 3 nitrogen and oxygen atoms in total. The molecule has 1 aromatic rings. The van der Waals surface area contributed by atoms with Crippen molar-refractivity contribution < 1.29 is 14.2 Å². The van der Waals surface area contributed by atoms with E-state index in [1.54, 1.807) is 14.2 Å². The highest BCUT2D eigenvalue weighted by Gasteiger charge is 2.08. The SMILES string of the molecule is CC.CCOC(OC)c1ccc(OC)cc1. The van der Waals surface area contributed by atoms with Gasteiger partial charge in [0.15, 0.2) is 6.29 Å². The number of hydrogen-bond acceptors (Lipinski definition) is 3. The molecule has 1 aromatic carbocycles. The molecule has 92 valence electrons. The van der Waals surface area contributed by atoms with Crippen LogP contribution in [-0.2, 0) is 9.47 Å². The summed E-state index contributed by atoms with van der Waals surface area (Å²) in [5.41, 5.74) is 0.996. The van der Waals surface area contributed by atoms with Crippen LogP contribution in [0.3, 0.4) is 0 Å². The smallest absolute Gasteiger partial charge is 0.183 e. The molecule has 1 atom stereocenters. The van der Waals surface area contributed by atoms with Gasteiger partial charge in [0.2, 0.25) is 0 Å². The van der Waals surface area contributed by atoms with E-state index in [0.717, 1.165) is 11.3 Å². The molecule has 0 aliphatic carbocycles. The molecule has 0 saturated carbocycles. The van der Waals surface area contributed by atoms with Crippen molar-refractivity contribution in [2.45, 2.75) is 27.1 Å². The molecule has 0 amide bonds. The van der Waals surface area contributed by atoms with Crippen LogP contribution in [0, 0.1) is 0 Å². The van der Waals surface area contributed by atoms with E-state index in [1.807, 2.05) is 45.0 Å². The summed E-state index contributed by atoms with van der Waals surface area (Å²) in [6.45, 7) is 6.57. The molecule has 0 aliphatic heterocycles. The zero-order valence-corrected chi connectivity index (χ0v) is 10.8.